The maximum atomic E-state index is 11.3. The molecule has 0 aromatic heterocycles. The summed E-state index contributed by atoms with van der Waals surface area (Å²) in [6.45, 7) is 6.36. The first-order valence-corrected chi connectivity index (χ1v) is 6.48. The summed E-state index contributed by atoms with van der Waals surface area (Å²) in [5, 5.41) is 0. The molecule has 98 valence electrons. The lowest BCUT2D eigenvalue weighted by molar-refractivity contribution is -0.118. The van der Waals surface area contributed by atoms with Crippen LogP contribution in [0.1, 0.15) is 19.8 Å². The van der Waals surface area contributed by atoms with E-state index < -0.39 is 0 Å². The van der Waals surface area contributed by atoms with E-state index in [4.69, 9.17) is 9.47 Å². The summed E-state index contributed by atoms with van der Waals surface area (Å²) in [6.07, 6.45) is 3.41. The van der Waals surface area contributed by atoms with Crippen molar-refractivity contribution in [3.8, 4) is 0 Å². The Morgan fingerprint density at radius 2 is 2.41 bits per heavy atom. The quantitative estimate of drug-likeness (QED) is 0.687. The standard InChI is InChI=1S/C13H23NO3/c1-11-3-5-14(7-12(11)16-2)8-13(9-15)4-6-17-10-13/h9,11-12H,3-8,10H2,1-2H3. The molecule has 4 heteroatoms. The zero-order valence-electron chi connectivity index (χ0n) is 10.9. The summed E-state index contributed by atoms with van der Waals surface area (Å²) in [5.74, 6) is 0.614. The Balaban J connectivity index is 1.92. The average molecular weight is 241 g/mol. The van der Waals surface area contributed by atoms with Crippen LogP contribution in [0.4, 0.5) is 0 Å². The summed E-state index contributed by atoms with van der Waals surface area (Å²) < 4.78 is 10.9. The van der Waals surface area contributed by atoms with Gasteiger partial charge in [0, 0.05) is 26.8 Å². The van der Waals surface area contributed by atoms with E-state index in [0.717, 1.165) is 45.4 Å². The minimum atomic E-state index is -0.265. The first kappa shape index (κ1) is 13.0. The molecule has 0 bridgehead atoms. The van der Waals surface area contributed by atoms with Gasteiger partial charge >= 0.3 is 0 Å². The fourth-order valence-corrected chi connectivity index (χ4v) is 2.87. The number of nitrogens with zero attached hydrogens (tertiary/aromatic N) is 1. The van der Waals surface area contributed by atoms with Crippen LogP contribution in [0.15, 0.2) is 0 Å². The zero-order valence-corrected chi connectivity index (χ0v) is 10.9. The van der Waals surface area contributed by atoms with Crippen molar-refractivity contribution in [1.82, 2.24) is 4.90 Å². The first-order valence-electron chi connectivity index (χ1n) is 6.48. The van der Waals surface area contributed by atoms with Crippen LogP contribution in [0.25, 0.3) is 0 Å². The highest BCUT2D eigenvalue weighted by molar-refractivity contribution is 5.60. The van der Waals surface area contributed by atoms with Crippen LogP contribution in [0, 0.1) is 11.3 Å². The lowest BCUT2D eigenvalue weighted by atomic mass is 9.86. The molecule has 0 amide bonds. The highest BCUT2D eigenvalue weighted by Gasteiger charge is 2.38. The highest BCUT2D eigenvalue weighted by atomic mass is 16.5. The molecule has 0 N–H and O–H groups in total. The van der Waals surface area contributed by atoms with E-state index in [0.29, 0.717) is 18.6 Å². The van der Waals surface area contributed by atoms with Crippen molar-refractivity contribution in [2.24, 2.45) is 11.3 Å². The molecule has 0 aliphatic carbocycles. The van der Waals surface area contributed by atoms with Gasteiger partial charge in [0.1, 0.15) is 6.29 Å². The van der Waals surface area contributed by atoms with Crippen molar-refractivity contribution in [1.29, 1.82) is 0 Å². The molecule has 0 radical (unpaired) electrons. The van der Waals surface area contributed by atoms with E-state index >= 15 is 0 Å². The number of piperidine rings is 1. The molecular formula is C13H23NO3. The Hall–Kier alpha value is -0.450. The van der Waals surface area contributed by atoms with E-state index in [2.05, 4.69) is 11.8 Å². The number of likely N-dealkylation sites (tertiary alicyclic amines) is 1. The smallest absolute Gasteiger partial charge is 0.129 e. The van der Waals surface area contributed by atoms with Crippen LogP contribution in [0.3, 0.4) is 0 Å². The van der Waals surface area contributed by atoms with Crippen LogP contribution >= 0.6 is 0 Å². The van der Waals surface area contributed by atoms with Crippen molar-refractivity contribution in [3.05, 3.63) is 0 Å². The van der Waals surface area contributed by atoms with Gasteiger partial charge in [0.15, 0.2) is 0 Å². The largest absolute Gasteiger partial charge is 0.380 e. The van der Waals surface area contributed by atoms with Gasteiger partial charge in [-0.25, -0.2) is 0 Å². The van der Waals surface area contributed by atoms with Crippen LogP contribution in [0.5, 0.6) is 0 Å². The van der Waals surface area contributed by atoms with E-state index in [-0.39, 0.29) is 5.41 Å². The van der Waals surface area contributed by atoms with E-state index in [9.17, 15) is 4.79 Å². The van der Waals surface area contributed by atoms with Crippen LogP contribution in [-0.4, -0.2) is 57.2 Å². The normalized spacial score (nSPS) is 39.4. The number of aldehydes is 1. The zero-order chi connectivity index (χ0) is 12.3. The van der Waals surface area contributed by atoms with Gasteiger partial charge in [0.2, 0.25) is 0 Å². The fraction of sp³-hybridized carbons (Fsp3) is 0.923. The molecular weight excluding hydrogens is 218 g/mol. The topological polar surface area (TPSA) is 38.8 Å². The monoisotopic (exact) mass is 241 g/mol. The third kappa shape index (κ3) is 2.87. The van der Waals surface area contributed by atoms with Gasteiger partial charge in [0.25, 0.3) is 0 Å². The first-order chi connectivity index (χ1) is 8.19. The van der Waals surface area contributed by atoms with Crippen LogP contribution < -0.4 is 0 Å². The van der Waals surface area contributed by atoms with Crippen LogP contribution in [-0.2, 0) is 14.3 Å². The molecule has 17 heavy (non-hydrogen) atoms. The highest BCUT2D eigenvalue weighted by Crippen LogP contribution is 2.29. The van der Waals surface area contributed by atoms with Crippen molar-refractivity contribution in [2.45, 2.75) is 25.9 Å². The lowest BCUT2D eigenvalue weighted by Gasteiger charge is -2.39. The molecule has 2 aliphatic rings. The van der Waals surface area contributed by atoms with Crippen molar-refractivity contribution >= 4 is 6.29 Å². The molecule has 2 heterocycles. The Morgan fingerprint density at radius 1 is 1.59 bits per heavy atom. The van der Waals surface area contributed by atoms with Gasteiger partial charge in [-0.3, -0.25) is 4.90 Å². The molecule has 2 saturated heterocycles. The lowest BCUT2D eigenvalue weighted by Crippen LogP contribution is -2.48. The van der Waals surface area contributed by atoms with Gasteiger partial charge in [-0.1, -0.05) is 6.92 Å². The van der Waals surface area contributed by atoms with Gasteiger partial charge in [0.05, 0.1) is 18.1 Å². The molecule has 2 fully saturated rings. The SMILES string of the molecule is COC1CN(CC2(C=O)CCOC2)CCC1C. The number of carbonyl (C=O) groups is 1. The number of carbonyl (C=O) groups excluding carboxylic acids is 1. The second-order valence-corrected chi connectivity index (χ2v) is 5.56. The van der Waals surface area contributed by atoms with Crippen molar-refractivity contribution in [3.63, 3.8) is 0 Å². The number of ether oxygens (including phenoxy) is 2. The number of rotatable bonds is 4. The third-order valence-electron chi connectivity index (χ3n) is 4.20. The number of hydrogen-bond acceptors (Lipinski definition) is 4. The van der Waals surface area contributed by atoms with Gasteiger partial charge in [-0.15, -0.1) is 0 Å². The van der Waals surface area contributed by atoms with Crippen LogP contribution in [0.2, 0.25) is 0 Å². The molecule has 4 nitrogen and oxygen atoms in total. The van der Waals surface area contributed by atoms with E-state index in [1.165, 1.54) is 0 Å². The Kier molecular flexibility index (Phi) is 4.17. The predicted molar refractivity (Wildman–Crippen MR) is 65.0 cm³/mol. The average Bonchev–Trinajstić information content (AvgIpc) is 2.81. The fourth-order valence-electron chi connectivity index (χ4n) is 2.87. The van der Waals surface area contributed by atoms with Gasteiger partial charge in [-0.2, -0.15) is 0 Å². The number of methoxy groups -OCH3 is 1. The molecule has 0 spiro atoms. The molecule has 3 unspecified atom stereocenters. The van der Waals surface area contributed by atoms with E-state index in [1.807, 2.05) is 0 Å². The van der Waals surface area contributed by atoms with Crippen molar-refractivity contribution < 1.29 is 14.3 Å². The molecule has 2 rings (SSSR count). The molecule has 0 aromatic rings. The molecule has 0 aromatic carbocycles. The minimum Gasteiger partial charge on any atom is -0.380 e. The Labute approximate surface area is 103 Å². The summed E-state index contributed by atoms with van der Waals surface area (Å²) >= 11 is 0. The Bertz CT molecular complexity index is 263. The molecule has 0 saturated carbocycles. The summed E-state index contributed by atoms with van der Waals surface area (Å²) in [4.78, 5) is 13.6. The summed E-state index contributed by atoms with van der Waals surface area (Å²) in [6, 6.07) is 0. The minimum absolute atomic E-state index is 0.265. The maximum Gasteiger partial charge on any atom is 0.129 e. The summed E-state index contributed by atoms with van der Waals surface area (Å²) in [5.41, 5.74) is -0.265. The van der Waals surface area contributed by atoms with Gasteiger partial charge in [-0.05, 0) is 25.3 Å². The third-order valence-corrected chi connectivity index (χ3v) is 4.20. The van der Waals surface area contributed by atoms with Gasteiger partial charge < -0.3 is 14.3 Å². The molecule has 3 atom stereocenters. The van der Waals surface area contributed by atoms with E-state index in [1.54, 1.807) is 7.11 Å². The van der Waals surface area contributed by atoms with Crippen molar-refractivity contribution in [2.75, 3.05) is 40.0 Å². The second kappa shape index (κ2) is 5.46. The second-order valence-electron chi connectivity index (χ2n) is 5.56. The maximum absolute atomic E-state index is 11.3. The predicted octanol–water partition coefficient (Wildman–Crippen LogP) is 0.949. The molecule has 2 aliphatic heterocycles. The summed E-state index contributed by atoms with van der Waals surface area (Å²) in [7, 11) is 1.78. The Morgan fingerprint density at radius 3 is 3.00 bits per heavy atom. The number of hydrogen-bond donors (Lipinski definition) is 0.